The molecule has 0 saturated heterocycles. The number of pyridine rings is 1. The summed E-state index contributed by atoms with van der Waals surface area (Å²) in [5.74, 6) is 0. The van der Waals surface area contributed by atoms with E-state index >= 15 is 0 Å². The molecule has 0 spiro atoms. The second-order valence-electron chi connectivity index (χ2n) is 5.15. The van der Waals surface area contributed by atoms with E-state index in [9.17, 15) is 0 Å². The molecule has 108 valence electrons. The third-order valence-corrected chi connectivity index (χ3v) is 4.05. The van der Waals surface area contributed by atoms with Crippen LogP contribution in [0.25, 0.3) is 10.9 Å². The molecule has 5 heteroatoms. The van der Waals surface area contributed by atoms with E-state index in [4.69, 9.17) is 11.6 Å². The molecule has 0 aliphatic heterocycles. The third kappa shape index (κ3) is 2.59. The molecule has 1 aromatic carbocycles. The van der Waals surface area contributed by atoms with E-state index in [2.05, 4.69) is 22.3 Å². The molecular formula is C16H17ClN4. The molecule has 0 radical (unpaired) electrons. The molecule has 3 rings (SSSR count). The molecule has 0 aliphatic carbocycles. The topological polar surface area (TPSA) is 42.7 Å². The highest BCUT2D eigenvalue weighted by molar-refractivity contribution is 6.31. The Morgan fingerprint density at radius 3 is 2.76 bits per heavy atom. The van der Waals surface area contributed by atoms with Crippen molar-refractivity contribution in [3.8, 4) is 0 Å². The van der Waals surface area contributed by atoms with Crippen molar-refractivity contribution in [1.82, 2.24) is 14.8 Å². The molecule has 4 nitrogen and oxygen atoms in total. The highest BCUT2D eigenvalue weighted by atomic mass is 35.5. The molecule has 0 unspecified atom stereocenters. The average molecular weight is 301 g/mol. The second-order valence-corrected chi connectivity index (χ2v) is 5.58. The van der Waals surface area contributed by atoms with Crippen molar-refractivity contribution < 1.29 is 0 Å². The van der Waals surface area contributed by atoms with Crippen molar-refractivity contribution >= 4 is 28.2 Å². The summed E-state index contributed by atoms with van der Waals surface area (Å²) in [6, 6.07) is 7.70. The number of hydrogen-bond acceptors (Lipinski definition) is 3. The Balaban J connectivity index is 1.93. The summed E-state index contributed by atoms with van der Waals surface area (Å²) in [6.07, 6.45) is 1.81. The zero-order chi connectivity index (χ0) is 15.0. The smallest absolute Gasteiger partial charge is 0.0723 e. The van der Waals surface area contributed by atoms with Crippen LogP contribution in [0.4, 0.5) is 5.69 Å². The lowest BCUT2D eigenvalue weighted by molar-refractivity contribution is 0.730. The Hall–Kier alpha value is -2.07. The minimum absolute atomic E-state index is 0.715. The van der Waals surface area contributed by atoms with Crippen molar-refractivity contribution in [2.45, 2.75) is 20.4 Å². The van der Waals surface area contributed by atoms with Crippen LogP contribution >= 0.6 is 11.6 Å². The van der Waals surface area contributed by atoms with Gasteiger partial charge in [-0.05, 0) is 38.1 Å². The molecule has 0 atom stereocenters. The van der Waals surface area contributed by atoms with Crippen LogP contribution in [0.15, 0.2) is 30.5 Å². The van der Waals surface area contributed by atoms with Gasteiger partial charge in [0.1, 0.15) is 0 Å². The fourth-order valence-electron chi connectivity index (χ4n) is 2.53. The Kier molecular flexibility index (Phi) is 3.55. The van der Waals surface area contributed by atoms with Gasteiger partial charge in [-0.2, -0.15) is 5.10 Å². The number of hydrogen-bond donors (Lipinski definition) is 1. The lowest BCUT2D eigenvalue weighted by Gasteiger charge is -2.10. The summed E-state index contributed by atoms with van der Waals surface area (Å²) in [7, 11) is 1.97. The molecule has 0 amide bonds. The van der Waals surface area contributed by atoms with Crippen LogP contribution in [0, 0.1) is 13.8 Å². The van der Waals surface area contributed by atoms with Gasteiger partial charge in [-0.3, -0.25) is 9.67 Å². The molecule has 2 aromatic heterocycles. The summed E-state index contributed by atoms with van der Waals surface area (Å²) < 4.78 is 1.91. The van der Waals surface area contributed by atoms with Crippen molar-refractivity contribution in [1.29, 1.82) is 0 Å². The molecular weight excluding hydrogens is 284 g/mol. The quantitative estimate of drug-likeness (QED) is 0.799. The number of anilines is 1. The first-order chi connectivity index (χ1) is 10.1. The van der Waals surface area contributed by atoms with E-state index in [0.717, 1.165) is 28.8 Å². The number of nitrogens with one attached hydrogen (secondary N) is 1. The number of rotatable bonds is 3. The first kappa shape index (κ1) is 13.9. The van der Waals surface area contributed by atoms with E-state index in [1.54, 1.807) is 0 Å². The summed E-state index contributed by atoms with van der Waals surface area (Å²) in [4.78, 5) is 4.36. The van der Waals surface area contributed by atoms with Gasteiger partial charge in [0.2, 0.25) is 0 Å². The van der Waals surface area contributed by atoms with Crippen LogP contribution in [0.2, 0.25) is 5.02 Å². The van der Waals surface area contributed by atoms with Gasteiger partial charge in [0.05, 0.1) is 11.2 Å². The molecule has 0 saturated carbocycles. The van der Waals surface area contributed by atoms with Crippen LogP contribution in [0.1, 0.15) is 17.0 Å². The van der Waals surface area contributed by atoms with E-state index in [1.807, 2.05) is 49.1 Å². The van der Waals surface area contributed by atoms with Crippen LogP contribution in [-0.4, -0.2) is 14.8 Å². The number of benzene rings is 1. The van der Waals surface area contributed by atoms with Gasteiger partial charge in [0, 0.05) is 47.1 Å². The number of halogens is 1. The first-order valence-corrected chi connectivity index (χ1v) is 7.21. The maximum Gasteiger partial charge on any atom is 0.0723 e. The predicted octanol–water partition coefficient (Wildman–Crippen LogP) is 3.85. The minimum atomic E-state index is 0.715. The van der Waals surface area contributed by atoms with Crippen LogP contribution in [-0.2, 0) is 13.6 Å². The Bertz CT molecular complexity index is 807. The van der Waals surface area contributed by atoms with Gasteiger partial charge in [-0.25, -0.2) is 0 Å². The second kappa shape index (κ2) is 5.37. The Morgan fingerprint density at radius 1 is 1.24 bits per heavy atom. The van der Waals surface area contributed by atoms with E-state index in [0.29, 0.717) is 5.02 Å². The van der Waals surface area contributed by atoms with Crippen LogP contribution in [0.5, 0.6) is 0 Å². The van der Waals surface area contributed by atoms with E-state index in [1.165, 1.54) is 11.3 Å². The van der Waals surface area contributed by atoms with Crippen LogP contribution < -0.4 is 5.32 Å². The van der Waals surface area contributed by atoms with Gasteiger partial charge in [-0.1, -0.05) is 11.6 Å². The van der Waals surface area contributed by atoms with Crippen molar-refractivity contribution in [2.24, 2.45) is 7.05 Å². The zero-order valence-corrected chi connectivity index (χ0v) is 13.1. The maximum atomic E-state index is 6.09. The fourth-order valence-corrected chi connectivity index (χ4v) is 2.70. The van der Waals surface area contributed by atoms with Gasteiger partial charge in [0.25, 0.3) is 0 Å². The van der Waals surface area contributed by atoms with Crippen molar-refractivity contribution in [2.75, 3.05) is 5.32 Å². The molecule has 0 fully saturated rings. The van der Waals surface area contributed by atoms with Crippen molar-refractivity contribution in [3.63, 3.8) is 0 Å². The van der Waals surface area contributed by atoms with Gasteiger partial charge >= 0.3 is 0 Å². The molecule has 2 heterocycles. The molecule has 21 heavy (non-hydrogen) atoms. The summed E-state index contributed by atoms with van der Waals surface area (Å²) in [5.41, 5.74) is 5.42. The number of aryl methyl sites for hydroxylation is 2. The standard InChI is InChI=1S/C16H17ClN4/c1-10-14(11(2)21(3)20-10)9-19-16-6-7-18-15-5-4-12(17)8-13(15)16/h4-8H,9H2,1-3H3,(H,18,19). The van der Waals surface area contributed by atoms with E-state index < -0.39 is 0 Å². The minimum Gasteiger partial charge on any atom is -0.380 e. The van der Waals surface area contributed by atoms with E-state index in [-0.39, 0.29) is 0 Å². The van der Waals surface area contributed by atoms with Gasteiger partial charge < -0.3 is 5.32 Å². The zero-order valence-electron chi connectivity index (χ0n) is 12.3. The first-order valence-electron chi connectivity index (χ1n) is 6.83. The number of aromatic nitrogens is 3. The highest BCUT2D eigenvalue weighted by Crippen LogP contribution is 2.25. The molecule has 0 bridgehead atoms. The summed E-state index contributed by atoms with van der Waals surface area (Å²) in [6.45, 7) is 4.85. The predicted molar refractivity (Wildman–Crippen MR) is 86.8 cm³/mol. The fraction of sp³-hybridized carbons (Fsp3) is 0.250. The lowest BCUT2D eigenvalue weighted by Crippen LogP contribution is -2.03. The Morgan fingerprint density at radius 2 is 2.05 bits per heavy atom. The summed E-state index contributed by atoms with van der Waals surface area (Å²) in [5, 5.41) is 9.66. The third-order valence-electron chi connectivity index (χ3n) is 3.82. The largest absolute Gasteiger partial charge is 0.380 e. The van der Waals surface area contributed by atoms with Gasteiger partial charge in [0.15, 0.2) is 0 Å². The molecule has 0 aliphatic rings. The van der Waals surface area contributed by atoms with Crippen LogP contribution in [0.3, 0.4) is 0 Å². The Labute approximate surface area is 128 Å². The SMILES string of the molecule is Cc1nn(C)c(C)c1CNc1ccnc2ccc(Cl)cc12. The number of fused-ring (bicyclic) bond motifs is 1. The normalized spacial score (nSPS) is 11.0. The highest BCUT2D eigenvalue weighted by Gasteiger charge is 2.10. The summed E-state index contributed by atoms with van der Waals surface area (Å²) >= 11 is 6.09. The molecule has 3 aromatic rings. The average Bonchev–Trinajstić information content (AvgIpc) is 2.70. The van der Waals surface area contributed by atoms with Crippen molar-refractivity contribution in [3.05, 3.63) is 52.4 Å². The monoisotopic (exact) mass is 300 g/mol. The van der Waals surface area contributed by atoms with Gasteiger partial charge in [-0.15, -0.1) is 0 Å². The molecule has 1 N–H and O–H groups in total. The number of nitrogens with zero attached hydrogens (tertiary/aromatic N) is 3. The lowest BCUT2D eigenvalue weighted by atomic mass is 10.1. The maximum absolute atomic E-state index is 6.09.